The van der Waals surface area contributed by atoms with E-state index in [1.807, 2.05) is 6.07 Å². The van der Waals surface area contributed by atoms with Crippen LogP contribution in [0.5, 0.6) is 0 Å². The highest BCUT2D eigenvalue weighted by Gasteiger charge is 2.45. The second kappa shape index (κ2) is 3.80. The van der Waals surface area contributed by atoms with Gasteiger partial charge in [0, 0.05) is 0 Å². The normalized spacial score (nSPS) is 17.8. The van der Waals surface area contributed by atoms with Crippen LogP contribution >= 0.6 is 0 Å². The Bertz CT molecular complexity index is 361. The van der Waals surface area contributed by atoms with Crippen LogP contribution in [0.4, 0.5) is 0 Å². The summed E-state index contributed by atoms with van der Waals surface area (Å²) in [4.78, 5) is 11.1. The first-order valence-electron chi connectivity index (χ1n) is 5.73. The van der Waals surface area contributed by atoms with Gasteiger partial charge in [0.1, 0.15) is 6.29 Å². The van der Waals surface area contributed by atoms with Crippen LogP contribution in [0.25, 0.3) is 0 Å². The monoisotopic (exact) mass is 202 g/mol. The molecule has 0 N–H and O–H groups in total. The maximum atomic E-state index is 11.1. The van der Waals surface area contributed by atoms with Crippen molar-refractivity contribution in [2.75, 3.05) is 0 Å². The van der Waals surface area contributed by atoms with E-state index in [4.69, 9.17) is 0 Å². The Morgan fingerprint density at radius 1 is 1.33 bits per heavy atom. The fourth-order valence-corrected chi connectivity index (χ4v) is 2.21. The summed E-state index contributed by atoms with van der Waals surface area (Å²) in [5.74, 6) is 0.647. The third-order valence-corrected chi connectivity index (χ3v) is 3.20. The molecule has 0 bridgehead atoms. The van der Waals surface area contributed by atoms with E-state index < -0.39 is 0 Å². The van der Waals surface area contributed by atoms with E-state index in [0.29, 0.717) is 5.92 Å². The second-order valence-electron chi connectivity index (χ2n) is 5.03. The van der Waals surface area contributed by atoms with Gasteiger partial charge in [-0.25, -0.2) is 0 Å². The molecule has 1 saturated carbocycles. The van der Waals surface area contributed by atoms with Crippen molar-refractivity contribution in [1.29, 1.82) is 0 Å². The van der Waals surface area contributed by atoms with Crippen LogP contribution in [0.2, 0.25) is 0 Å². The largest absolute Gasteiger partial charge is 0.302 e. The number of aldehydes is 1. The summed E-state index contributed by atoms with van der Waals surface area (Å²) in [5.41, 5.74) is 2.51. The summed E-state index contributed by atoms with van der Waals surface area (Å²) in [6.45, 7) is 4.44. The van der Waals surface area contributed by atoms with Gasteiger partial charge in [-0.15, -0.1) is 0 Å². The van der Waals surface area contributed by atoms with Crippen molar-refractivity contribution in [2.24, 2.45) is 5.92 Å². The average molecular weight is 202 g/mol. The van der Waals surface area contributed by atoms with Gasteiger partial charge in [0.2, 0.25) is 0 Å². The number of hydrogen-bond donors (Lipinski definition) is 0. The van der Waals surface area contributed by atoms with E-state index in [0.717, 1.165) is 25.5 Å². The number of benzene rings is 1. The molecule has 1 aliphatic carbocycles. The maximum absolute atomic E-state index is 11.1. The van der Waals surface area contributed by atoms with Gasteiger partial charge in [-0.1, -0.05) is 38.1 Å². The van der Waals surface area contributed by atoms with Crippen LogP contribution in [-0.2, 0) is 16.6 Å². The van der Waals surface area contributed by atoms with E-state index in [2.05, 4.69) is 32.0 Å². The molecule has 1 fully saturated rings. The molecule has 15 heavy (non-hydrogen) atoms. The molecule has 1 aliphatic rings. The zero-order chi connectivity index (χ0) is 10.9. The molecule has 0 amide bonds. The fraction of sp³-hybridized carbons (Fsp3) is 0.500. The molecule has 0 spiro atoms. The minimum absolute atomic E-state index is 0.120. The molecule has 0 saturated heterocycles. The van der Waals surface area contributed by atoms with Crippen molar-refractivity contribution in [3.63, 3.8) is 0 Å². The van der Waals surface area contributed by atoms with Crippen LogP contribution in [0.3, 0.4) is 0 Å². The molecule has 0 unspecified atom stereocenters. The first-order valence-corrected chi connectivity index (χ1v) is 5.73. The standard InChI is InChI=1S/C14H18O/c1-11(2)9-12-5-3-4-6-13(12)14(10-15)7-8-14/h3-6,10-11H,7-9H2,1-2H3. The minimum Gasteiger partial charge on any atom is -0.302 e. The smallest absolute Gasteiger partial charge is 0.130 e. The van der Waals surface area contributed by atoms with Crippen LogP contribution in [0.15, 0.2) is 24.3 Å². The van der Waals surface area contributed by atoms with Gasteiger partial charge in [0.05, 0.1) is 5.41 Å². The highest BCUT2D eigenvalue weighted by molar-refractivity contribution is 5.74. The Hall–Kier alpha value is -1.11. The van der Waals surface area contributed by atoms with E-state index in [1.165, 1.54) is 11.1 Å². The van der Waals surface area contributed by atoms with Gasteiger partial charge < -0.3 is 4.79 Å². The van der Waals surface area contributed by atoms with Crippen LogP contribution in [-0.4, -0.2) is 6.29 Å². The molecular weight excluding hydrogens is 184 g/mol. The Kier molecular flexibility index (Phi) is 2.64. The van der Waals surface area contributed by atoms with Crippen molar-refractivity contribution < 1.29 is 4.79 Å². The summed E-state index contributed by atoms with van der Waals surface area (Å²) >= 11 is 0. The van der Waals surface area contributed by atoms with Crippen molar-refractivity contribution in [1.82, 2.24) is 0 Å². The predicted molar refractivity (Wildman–Crippen MR) is 62.0 cm³/mol. The van der Waals surface area contributed by atoms with Crippen LogP contribution in [0, 0.1) is 5.92 Å². The SMILES string of the molecule is CC(C)Cc1ccccc1C1(C=O)CC1. The molecule has 80 valence electrons. The Morgan fingerprint density at radius 2 is 2.00 bits per heavy atom. The molecule has 0 radical (unpaired) electrons. The summed E-state index contributed by atoms with van der Waals surface area (Å²) < 4.78 is 0. The highest BCUT2D eigenvalue weighted by Crippen LogP contribution is 2.47. The molecule has 0 heterocycles. The Balaban J connectivity index is 2.34. The van der Waals surface area contributed by atoms with Crippen molar-refractivity contribution >= 4 is 6.29 Å². The number of hydrogen-bond acceptors (Lipinski definition) is 1. The summed E-state index contributed by atoms with van der Waals surface area (Å²) in [5, 5.41) is 0. The number of rotatable bonds is 4. The maximum Gasteiger partial charge on any atom is 0.130 e. The molecule has 0 atom stereocenters. The fourth-order valence-electron chi connectivity index (χ4n) is 2.21. The van der Waals surface area contributed by atoms with Gasteiger partial charge in [0.15, 0.2) is 0 Å². The molecule has 2 rings (SSSR count). The van der Waals surface area contributed by atoms with Gasteiger partial charge in [0.25, 0.3) is 0 Å². The first kappa shape index (κ1) is 10.4. The lowest BCUT2D eigenvalue weighted by Crippen LogP contribution is -2.12. The minimum atomic E-state index is -0.120. The van der Waals surface area contributed by atoms with Crippen molar-refractivity contribution in [3.8, 4) is 0 Å². The van der Waals surface area contributed by atoms with Crippen molar-refractivity contribution in [3.05, 3.63) is 35.4 Å². The zero-order valence-corrected chi connectivity index (χ0v) is 9.49. The van der Waals surface area contributed by atoms with Gasteiger partial charge >= 0.3 is 0 Å². The first-order chi connectivity index (χ1) is 7.18. The summed E-state index contributed by atoms with van der Waals surface area (Å²) in [6, 6.07) is 8.41. The predicted octanol–water partition coefficient (Wildman–Crippen LogP) is 3.12. The van der Waals surface area contributed by atoms with Crippen molar-refractivity contribution in [2.45, 2.75) is 38.5 Å². The quantitative estimate of drug-likeness (QED) is 0.686. The van der Waals surface area contributed by atoms with Gasteiger partial charge in [-0.3, -0.25) is 0 Å². The molecule has 0 aliphatic heterocycles. The van der Waals surface area contributed by atoms with Gasteiger partial charge in [-0.2, -0.15) is 0 Å². The van der Waals surface area contributed by atoms with E-state index in [9.17, 15) is 4.79 Å². The van der Waals surface area contributed by atoms with E-state index >= 15 is 0 Å². The van der Waals surface area contributed by atoms with Crippen LogP contribution < -0.4 is 0 Å². The highest BCUT2D eigenvalue weighted by atomic mass is 16.1. The molecule has 1 aromatic rings. The molecule has 1 heteroatoms. The molecule has 1 aromatic carbocycles. The Morgan fingerprint density at radius 3 is 2.53 bits per heavy atom. The van der Waals surface area contributed by atoms with Gasteiger partial charge in [-0.05, 0) is 36.3 Å². The van der Waals surface area contributed by atoms with Crippen LogP contribution in [0.1, 0.15) is 37.8 Å². The van der Waals surface area contributed by atoms with E-state index in [-0.39, 0.29) is 5.41 Å². The third-order valence-electron chi connectivity index (χ3n) is 3.20. The zero-order valence-electron chi connectivity index (χ0n) is 9.49. The topological polar surface area (TPSA) is 17.1 Å². The molecular formula is C14H18O. The third kappa shape index (κ3) is 1.97. The average Bonchev–Trinajstić information content (AvgIpc) is 2.98. The Labute approximate surface area is 91.5 Å². The lowest BCUT2D eigenvalue weighted by Gasteiger charge is -2.15. The number of carbonyl (C=O) groups excluding carboxylic acids is 1. The second-order valence-corrected chi connectivity index (χ2v) is 5.03. The molecule has 0 aromatic heterocycles. The molecule has 1 nitrogen and oxygen atoms in total. The summed E-state index contributed by atoms with van der Waals surface area (Å²) in [7, 11) is 0. The lowest BCUT2D eigenvalue weighted by molar-refractivity contribution is -0.109. The number of carbonyl (C=O) groups is 1. The van der Waals surface area contributed by atoms with E-state index in [1.54, 1.807) is 0 Å². The summed E-state index contributed by atoms with van der Waals surface area (Å²) in [6.07, 6.45) is 4.29. The lowest BCUT2D eigenvalue weighted by atomic mass is 9.89.